The largest absolute Gasteiger partial charge is 0.462 e. The van der Waals surface area contributed by atoms with E-state index >= 15 is 0 Å². The second-order valence-electron chi connectivity index (χ2n) is 13.3. The Morgan fingerprint density at radius 3 is 2.12 bits per heavy atom. The molecule has 5 heteroatoms. The second kappa shape index (κ2) is 7.90. The van der Waals surface area contributed by atoms with Crippen molar-refractivity contribution in [2.24, 2.45) is 51.2 Å². The number of esters is 1. The molecule has 186 valence electrons. The van der Waals surface area contributed by atoms with Crippen LogP contribution in [-0.2, 0) is 19.1 Å². The third-order valence-corrected chi connectivity index (χ3v) is 11.5. The molecule has 1 N–H and O–H groups in total. The van der Waals surface area contributed by atoms with E-state index in [-0.39, 0.29) is 27.9 Å². The van der Waals surface area contributed by atoms with Gasteiger partial charge < -0.3 is 14.6 Å². The van der Waals surface area contributed by atoms with Crippen LogP contribution in [0.15, 0.2) is 0 Å². The summed E-state index contributed by atoms with van der Waals surface area (Å²) in [5.74, 6) is -0.924. The van der Waals surface area contributed by atoms with Crippen molar-refractivity contribution >= 4 is 18.0 Å². The minimum absolute atomic E-state index is 0.0108. The summed E-state index contributed by atoms with van der Waals surface area (Å²) in [6, 6.07) is 0. The Morgan fingerprint density at radius 2 is 1.55 bits per heavy atom. The van der Waals surface area contributed by atoms with E-state index in [2.05, 4.69) is 27.7 Å². The number of aliphatic hydroxyl groups is 1. The van der Waals surface area contributed by atoms with Crippen LogP contribution >= 0.6 is 0 Å². The van der Waals surface area contributed by atoms with Gasteiger partial charge in [-0.3, -0.25) is 9.59 Å². The van der Waals surface area contributed by atoms with Gasteiger partial charge >= 0.3 is 5.97 Å². The Kier molecular flexibility index (Phi) is 5.95. The lowest BCUT2D eigenvalue weighted by Crippen LogP contribution is -2.69. The number of hydrogen-bond donors (Lipinski definition) is 1. The molecule has 0 spiro atoms. The van der Waals surface area contributed by atoms with Gasteiger partial charge in [0.2, 0.25) is 0 Å². The second-order valence-corrected chi connectivity index (χ2v) is 13.3. The third kappa shape index (κ3) is 3.38. The van der Waals surface area contributed by atoms with Gasteiger partial charge in [-0.1, -0.05) is 41.0 Å². The quantitative estimate of drug-likeness (QED) is 0.475. The summed E-state index contributed by atoms with van der Waals surface area (Å²) in [6.45, 7) is 14.5. The predicted molar refractivity (Wildman–Crippen MR) is 126 cm³/mol. The molecule has 0 aliphatic heterocycles. The molecule has 0 bridgehead atoms. The molecule has 0 aromatic carbocycles. The molecule has 4 fully saturated rings. The Labute approximate surface area is 199 Å². The highest BCUT2D eigenvalue weighted by Gasteiger charge is 2.70. The molecule has 4 aliphatic rings. The van der Waals surface area contributed by atoms with Crippen LogP contribution in [0.4, 0.5) is 0 Å². The van der Waals surface area contributed by atoms with Crippen LogP contribution in [0.5, 0.6) is 0 Å². The monoisotopic (exact) mass is 460 g/mol. The van der Waals surface area contributed by atoms with Crippen LogP contribution in [0.3, 0.4) is 0 Å². The standard InChI is InChI=1S/C28H44O5/c1-16(30)24-18(15-29)28(7)22(13-19(24)33-17(2)31)27(6)12-9-20-25(3,4)10-8-11-26(20,5)21(27)14-23(28)32/h15,18-24,32H,8-14H2,1-7H3/t18-,19+,20?,21?,22?,23-,24-,26-,27+,28+/m0/s1. The number of aldehydes is 1. The molecule has 33 heavy (non-hydrogen) atoms. The zero-order valence-electron chi connectivity index (χ0n) is 21.6. The van der Waals surface area contributed by atoms with E-state index in [1.807, 2.05) is 6.92 Å². The van der Waals surface area contributed by atoms with E-state index in [0.29, 0.717) is 24.7 Å². The first-order valence-electron chi connectivity index (χ1n) is 13.0. The molecule has 4 rings (SSSR count). The Bertz CT molecular complexity index is 834. The summed E-state index contributed by atoms with van der Waals surface area (Å²) in [5.41, 5.74) is -0.346. The van der Waals surface area contributed by atoms with Crippen molar-refractivity contribution in [2.45, 2.75) is 106 Å². The maximum Gasteiger partial charge on any atom is 0.302 e. The average molecular weight is 461 g/mol. The van der Waals surface area contributed by atoms with Gasteiger partial charge in [0.25, 0.3) is 0 Å². The number of carbonyl (C=O) groups is 3. The molecular formula is C28H44O5. The first kappa shape index (κ1) is 24.9. The van der Waals surface area contributed by atoms with Crippen LogP contribution in [-0.4, -0.2) is 35.4 Å². The van der Waals surface area contributed by atoms with Crippen molar-refractivity contribution in [3.63, 3.8) is 0 Å². The van der Waals surface area contributed by atoms with Crippen molar-refractivity contribution < 1.29 is 24.2 Å². The zero-order chi connectivity index (χ0) is 24.6. The number of rotatable bonds is 3. The molecule has 3 unspecified atom stereocenters. The number of ether oxygens (including phenoxy) is 1. The molecule has 10 atom stereocenters. The summed E-state index contributed by atoms with van der Waals surface area (Å²) in [5, 5.41) is 11.7. The molecular weight excluding hydrogens is 416 g/mol. The number of hydrogen-bond acceptors (Lipinski definition) is 5. The predicted octanol–water partition coefficient (Wildman–Crippen LogP) is 4.98. The first-order chi connectivity index (χ1) is 15.2. The highest BCUT2D eigenvalue weighted by molar-refractivity contribution is 5.83. The Balaban J connectivity index is 1.82. The van der Waals surface area contributed by atoms with Gasteiger partial charge in [-0.2, -0.15) is 0 Å². The lowest BCUT2D eigenvalue weighted by Gasteiger charge is -2.71. The average Bonchev–Trinajstić information content (AvgIpc) is 2.69. The number of ketones is 1. The van der Waals surface area contributed by atoms with Crippen molar-refractivity contribution in [3.05, 3.63) is 0 Å². The fourth-order valence-corrected chi connectivity index (χ4v) is 10.1. The van der Waals surface area contributed by atoms with Crippen molar-refractivity contribution in [1.82, 2.24) is 0 Å². The lowest BCUT2D eigenvalue weighted by atomic mass is 9.34. The van der Waals surface area contributed by atoms with E-state index in [1.54, 1.807) is 0 Å². The number of aliphatic hydroxyl groups excluding tert-OH is 1. The van der Waals surface area contributed by atoms with Crippen LogP contribution in [0.1, 0.15) is 93.4 Å². The van der Waals surface area contributed by atoms with Crippen molar-refractivity contribution in [3.8, 4) is 0 Å². The van der Waals surface area contributed by atoms with E-state index in [1.165, 1.54) is 33.1 Å². The Hall–Kier alpha value is -1.23. The summed E-state index contributed by atoms with van der Waals surface area (Å²) >= 11 is 0. The molecule has 0 radical (unpaired) electrons. The lowest BCUT2D eigenvalue weighted by molar-refractivity contribution is -0.258. The molecule has 0 saturated heterocycles. The Morgan fingerprint density at radius 1 is 0.909 bits per heavy atom. The highest BCUT2D eigenvalue weighted by atomic mass is 16.5. The minimum atomic E-state index is -0.701. The summed E-state index contributed by atoms with van der Waals surface area (Å²) in [4.78, 5) is 37.3. The zero-order valence-corrected chi connectivity index (χ0v) is 21.6. The van der Waals surface area contributed by atoms with Gasteiger partial charge in [0.15, 0.2) is 0 Å². The summed E-state index contributed by atoms with van der Waals surface area (Å²) in [7, 11) is 0. The summed E-state index contributed by atoms with van der Waals surface area (Å²) < 4.78 is 5.72. The van der Waals surface area contributed by atoms with Crippen LogP contribution in [0, 0.1) is 51.2 Å². The van der Waals surface area contributed by atoms with Crippen LogP contribution < -0.4 is 0 Å². The minimum Gasteiger partial charge on any atom is -0.462 e. The maximum absolute atomic E-state index is 12.7. The molecule has 4 saturated carbocycles. The maximum atomic E-state index is 12.7. The number of Topliss-reactive ketones (excluding diaryl/α,β-unsaturated/α-hetero) is 1. The SMILES string of the molecule is CC(=O)O[C@@H]1CC2[C@]3(C)CCC4C(C)(C)CCC[C@]4(C)C3C[C@H](O)[C@]2(C)[C@@H](C=O)[C@@H]1C(C)=O. The normalized spacial score (nSPS) is 50.8. The van der Waals surface area contributed by atoms with E-state index in [0.717, 1.165) is 19.1 Å². The first-order valence-corrected chi connectivity index (χ1v) is 13.0. The molecule has 0 heterocycles. The number of fused-ring (bicyclic) bond motifs is 5. The van der Waals surface area contributed by atoms with Gasteiger partial charge in [-0.05, 0) is 79.4 Å². The van der Waals surface area contributed by atoms with Crippen molar-refractivity contribution in [2.75, 3.05) is 0 Å². The fourth-order valence-electron chi connectivity index (χ4n) is 10.1. The topological polar surface area (TPSA) is 80.7 Å². The van der Waals surface area contributed by atoms with Gasteiger partial charge in [0.05, 0.1) is 12.0 Å². The van der Waals surface area contributed by atoms with Gasteiger partial charge in [-0.25, -0.2) is 0 Å². The number of carbonyl (C=O) groups excluding carboxylic acids is 3. The smallest absolute Gasteiger partial charge is 0.302 e. The third-order valence-electron chi connectivity index (χ3n) is 11.5. The van der Waals surface area contributed by atoms with E-state index < -0.39 is 35.4 Å². The molecule has 0 amide bonds. The molecule has 5 nitrogen and oxygen atoms in total. The highest BCUT2D eigenvalue weighted by Crippen LogP contribution is 2.73. The summed E-state index contributed by atoms with van der Waals surface area (Å²) in [6.07, 6.45) is 6.68. The molecule has 4 aliphatic carbocycles. The van der Waals surface area contributed by atoms with Crippen molar-refractivity contribution in [1.29, 1.82) is 0 Å². The molecule has 0 aromatic rings. The van der Waals surface area contributed by atoms with Gasteiger partial charge in [0.1, 0.15) is 18.2 Å². The van der Waals surface area contributed by atoms with E-state index in [4.69, 9.17) is 4.74 Å². The van der Waals surface area contributed by atoms with E-state index in [9.17, 15) is 19.5 Å². The molecule has 0 aromatic heterocycles. The van der Waals surface area contributed by atoms with Gasteiger partial charge in [-0.15, -0.1) is 0 Å². The fraction of sp³-hybridized carbons (Fsp3) is 0.893. The van der Waals surface area contributed by atoms with Crippen LogP contribution in [0.25, 0.3) is 0 Å². The van der Waals surface area contributed by atoms with Crippen LogP contribution in [0.2, 0.25) is 0 Å². The van der Waals surface area contributed by atoms with Gasteiger partial charge in [0, 0.05) is 18.3 Å².